The summed E-state index contributed by atoms with van der Waals surface area (Å²) >= 11 is 0. The summed E-state index contributed by atoms with van der Waals surface area (Å²) in [6.07, 6.45) is -29.3. The number of aliphatic hydroxyl groups excluding tert-OH is 13. The van der Waals surface area contributed by atoms with Crippen LogP contribution in [0.1, 0.15) is 35.1 Å². The fourth-order valence-corrected chi connectivity index (χ4v) is 12.3. The average molecular weight is 1440 g/mol. The van der Waals surface area contributed by atoms with Crippen LogP contribution < -0.4 is 52.4 Å². The summed E-state index contributed by atoms with van der Waals surface area (Å²) in [5.74, 6) is -5.97. The molecule has 0 spiro atoms. The van der Waals surface area contributed by atoms with Crippen LogP contribution >= 0.6 is 0 Å². The van der Waals surface area contributed by atoms with E-state index < -0.39 is 221 Å². The number of hydrogen-bond donors (Lipinski definition) is 23. The summed E-state index contributed by atoms with van der Waals surface area (Å²) < 4.78 is 41.0. The van der Waals surface area contributed by atoms with Gasteiger partial charge in [-0.3, -0.25) is 34.8 Å². The molecule has 5 saturated heterocycles. The van der Waals surface area contributed by atoms with Gasteiger partial charge in [-0.25, -0.2) is 0 Å². The molecule has 4 amide bonds. The van der Waals surface area contributed by atoms with E-state index in [1.807, 2.05) is 30.3 Å². The second-order valence-corrected chi connectivity index (χ2v) is 25.2. The van der Waals surface area contributed by atoms with Gasteiger partial charge in [0.15, 0.2) is 24.4 Å². The highest BCUT2D eigenvalue weighted by Gasteiger charge is 2.55. The number of amides is 4. The normalized spacial score (nSPS) is 30.3. The van der Waals surface area contributed by atoms with Crippen molar-refractivity contribution in [3.8, 4) is 11.5 Å². The molecule has 36 nitrogen and oxygen atoms in total. The van der Waals surface area contributed by atoms with Crippen molar-refractivity contribution in [1.82, 2.24) is 42.1 Å². The molecule has 102 heavy (non-hydrogen) atoms. The van der Waals surface area contributed by atoms with Gasteiger partial charge in [0.2, 0.25) is 36.2 Å². The van der Waals surface area contributed by atoms with E-state index >= 15 is 4.79 Å². The van der Waals surface area contributed by atoms with E-state index in [9.17, 15) is 85.6 Å². The molecule has 25 atom stereocenters. The van der Waals surface area contributed by atoms with Crippen molar-refractivity contribution in [3.05, 3.63) is 131 Å². The fourth-order valence-electron chi connectivity index (χ4n) is 12.3. The molecule has 0 bridgehead atoms. The molecule has 1 radical (unpaired) electrons. The molecule has 5 heterocycles. The van der Waals surface area contributed by atoms with Gasteiger partial charge in [0.1, 0.15) is 128 Å². The number of hydrogen-bond acceptors (Lipinski definition) is 28. The summed E-state index contributed by atoms with van der Waals surface area (Å²) in [6, 6.07) is 18.3. The van der Waals surface area contributed by atoms with Crippen LogP contribution in [0.25, 0.3) is 0 Å². The van der Waals surface area contributed by atoms with E-state index in [1.165, 1.54) is 30.6 Å². The van der Waals surface area contributed by atoms with Crippen LogP contribution in [-0.4, -0.2) is 299 Å². The molecule has 5 aliphatic heterocycles. The third kappa shape index (κ3) is 18.6. The van der Waals surface area contributed by atoms with Crippen molar-refractivity contribution in [2.45, 2.75) is 179 Å². The number of rotatable bonds is 32. The Balaban J connectivity index is 0.912. The molecule has 24 N–H and O–H groups in total. The van der Waals surface area contributed by atoms with Gasteiger partial charge < -0.3 is 147 Å². The molecule has 557 valence electrons. The molecule has 5 fully saturated rings. The Morgan fingerprint density at radius 2 is 1.20 bits per heavy atom. The zero-order valence-electron chi connectivity index (χ0n) is 54.9. The minimum absolute atomic E-state index is 0.0447. The lowest BCUT2D eigenvalue weighted by molar-refractivity contribution is -0.355. The maximum absolute atomic E-state index is 15.0. The van der Waals surface area contributed by atoms with E-state index in [0.29, 0.717) is 23.5 Å². The third-order valence-corrected chi connectivity index (χ3v) is 18.3. The molecule has 9 rings (SSSR count). The molecule has 36 heteroatoms. The molecule has 20 unspecified atom stereocenters. The van der Waals surface area contributed by atoms with E-state index in [2.05, 4.69) is 37.2 Å². The van der Waals surface area contributed by atoms with Crippen LogP contribution in [0.15, 0.2) is 109 Å². The second-order valence-electron chi connectivity index (χ2n) is 25.2. The van der Waals surface area contributed by atoms with Gasteiger partial charge >= 0.3 is 0 Å². The molecular formula is C66H88N11O25. The number of carbonyl (C=O) groups excluding carboxylic acids is 5. The fraction of sp³-hybridized carbons (Fsp3) is 0.530. The average Bonchev–Trinajstić information content (AvgIpc) is 1.44. The largest absolute Gasteiger partial charge is 0.489 e. The third-order valence-electron chi connectivity index (χ3n) is 18.3. The van der Waals surface area contributed by atoms with Crippen molar-refractivity contribution >= 4 is 41.8 Å². The van der Waals surface area contributed by atoms with Crippen LogP contribution in [0.3, 0.4) is 0 Å². The Bertz CT molecular complexity index is 3420. The summed E-state index contributed by atoms with van der Waals surface area (Å²) in [7, 11) is 0. The number of guanidine groups is 2. The topological polar surface area (TPSA) is 574 Å². The smallest absolute Gasteiger partial charge is 0.246 e. The highest BCUT2D eigenvalue weighted by molar-refractivity contribution is 5.96. The first-order valence-electron chi connectivity index (χ1n) is 32.8. The first kappa shape index (κ1) is 78.0. The molecule has 4 aromatic rings. The Morgan fingerprint density at radius 1 is 0.608 bits per heavy atom. The number of nitrogens with zero attached hydrogens (tertiary/aromatic N) is 1. The zero-order valence-corrected chi connectivity index (χ0v) is 54.9. The minimum Gasteiger partial charge on any atom is -0.489 e. The lowest BCUT2D eigenvalue weighted by atomic mass is 9.93. The zero-order chi connectivity index (χ0) is 73.6. The van der Waals surface area contributed by atoms with Crippen molar-refractivity contribution in [2.75, 3.05) is 39.5 Å². The Labute approximate surface area is 583 Å². The minimum atomic E-state index is -2.30. The first-order chi connectivity index (χ1) is 48.9. The van der Waals surface area contributed by atoms with Gasteiger partial charge in [0, 0.05) is 25.4 Å². The molecule has 0 saturated carbocycles. The lowest BCUT2D eigenvalue weighted by Gasteiger charge is -2.46. The Kier molecular flexibility index (Phi) is 27.4. The van der Waals surface area contributed by atoms with Gasteiger partial charge in [0.25, 0.3) is 0 Å². The van der Waals surface area contributed by atoms with E-state index in [4.69, 9.17) is 49.7 Å². The summed E-state index contributed by atoms with van der Waals surface area (Å²) in [6.45, 7) is -2.44. The number of carbonyl (C=O) groups is 4. The monoisotopic (exact) mass is 1430 g/mol. The van der Waals surface area contributed by atoms with Crippen LogP contribution in [0.5, 0.6) is 11.5 Å². The predicted octanol–water partition coefficient (Wildman–Crippen LogP) is -8.57. The molecule has 4 aromatic carbocycles. The number of nitrogens with two attached hydrogens (primary N) is 1. The molecular weight excluding hydrogens is 1350 g/mol. The van der Waals surface area contributed by atoms with Gasteiger partial charge in [0.05, 0.1) is 51.2 Å². The SMILES string of the molecule is CC(c1ccccc1)[C@H](N)C(=O)N[C@@H](Cc1ccc(OC2OC(CO)C(OC3OC(CO)C(O)C(OCc4ccc(OCc5ccccc5)cc4)C3O)C(O)C2O)cc1)C(=O)N[C@H](C(=O)N[C@H](C(=O)N[C@H]([C]=O)CO)C(O)C1CNC(=N)N1C1OC(CO)C(O)C(O)C1O)C(O)C1CNC(=N)N1. The van der Waals surface area contributed by atoms with Crippen LogP contribution in [0.4, 0.5) is 0 Å². The van der Waals surface area contributed by atoms with Crippen molar-refractivity contribution in [3.63, 3.8) is 0 Å². The summed E-state index contributed by atoms with van der Waals surface area (Å²) in [5, 5.41) is 177. The quantitative estimate of drug-likeness (QED) is 0.0216. The van der Waals surface area contributed by atoms with E-state index in [-0.39, 0.29) is 30.4 Å². The first-order valence-corrected chi connectivity index (χ1v) is 32.8. The number of benzene rings is 4. The molecule has 0 aromatic heterocycles. The van der Waals surface area contributed by atoms with Crippen molar-refractivity contribution in [1.29, 1.82) is 10.8 Å². The van der Waals surface area contributed by atoms with E-state index in [1.54, 1.807) is 61.5 Å². The van der Waals surface area contributed by atoms with Gasteiger partial charge in [-0.15, -0.1) is 0 Å². The van der Waals surface area contributed by atoms with E-state index in [0.717, 1.165) is 10.5 Å². The number of nitrogens with one attached hydrogen (secondary N) is 9. The highest BCUT2D eigenvalue weighted by atomic mass is 16.7. The number of ether oxygens (including phenoxy) is 7. The molecule has 5 aliphatic rings. The van der Waals surface area contributed by atoms with Crippen LogP contribution in [0, 0.1) is 10.8 Å². The van der Waals surface area contributed by atoms with Crippen LogP contribution in [0.2, 0.25) is 0 Å². The maximum Gasteiger partial charge on any atom is 0.246 e. The Hall–Kier alpha value is -8.19. The summed E-state index contributed by atoms with van der Waals surface area (Å²) in [4.78, 5) is 71.0. The standard InChI is InChI=1S/C66H88N11O25/c1-30(34-10-6-3-7-11-34)44(67)59(93)73-38(58(92)75-45(47(83)39-21-70-65(68)74-39)61(95)76-46(60(94)72-35(23-78)24-79)48(84)40-22-71-66(69)77(40)62-53(89)51(87)49(85)41(25-80)99-62)20-31-12-18-37(19-13-31)98-63-54(90)52(88)56(43(27-82)101-63)102-64-55(91)57(50(86)42(26-81)100-64)97-29-33-14-16-36(17-15-33)96-28-32-8-4-2-5-9-32/h2-19,30,35,38-57,62-64,78,80-91H,20-23,25-29,67H2,1H3,(H2,69,71)(H,72,94)(H,73,93)(H,75,92)(H,76,95)(H3,68,70,74)/t30?,35-,38-,39?,40?,41?,42?,43?,44-,45-,46-,47?,48?,49?,50?,51?,52?,53?,54?,55?,56?,57?,62?,63?,64?/m0/s1. The maximum atomic E-state index is 15.0. The van der Waals surface area contributed by atoms with Gasteiger partial charge in [-0.2, -0.15) is 0 Å². The number of aliphatic hydroxyl groups is 13. The second kappa shape index (κ2) is 35.8. The lowest BCUT2D eigenvalue weighted by Crippen LogP contribution is -2.69. The summed E-state index contributed by atoms with van der Waals surface area (Å²) in [5.41, 5.74) is 9.01. The Morgan fingerprint density at radius 3 is 1.82 bits per heavy atom. The van der Waals surface area contributed by atoms with Gasteiger partial charge in [-0.05, 0) is 46.5 Å². The predicted molar refractivity (Wildman–Crippen MR) is 350 cm³/mol. The molecule has 0 aliphatic carbocycles. The highest BCUT2D eigenvalue weighted by Crippen LogP contribution is 2.33. The van der Waals surface area contributed by atoms with Crippen molar-refractivity contribution < 1.29 is 124 Å². The van der Waals surface area contributed by atoms with Crippen molar-refractivity contribution in [2.24, 2.45) is 5.73 Å². The van der Waals surface area contributed by atoms with Crippen LogP contribution in [-0.2, 0) is 67.3 Å². The van der Waals surface area contributed by atoms with Gasteiger partial charge in [-0.1, -0.05) is 91.9 Å².